The fourth-order valence-corrected chi connectivity index (χ4v) is 3.25. The molecule has 6 nitrogen and oxygen atoms in total. The predicted molar refractivity (Wildman–Crippen MR) is 108 cm³/mol. The number of para-hydroxylation sites is 1. The average Bonchev–Trinajstić information content (AvgIpc) is 3.12. The number of rotatable bonds is 7. The monoisotopic (exact) mass is 383 g/mol. The number of nitrogens with zero attached hydrogens (tertiary/aromatic N) is 2. The summed E-state index contributed by atoms with van der Waals surface area (Å²) in [6, 6.07) is 15.0. The van der Waals surface area contributed by atoms with E-state index in [1.807, 2.05) is 38.1 Å². The Kier molecular flexibility index (Phi) is 6.03. The Morgan fingerprint density at radius 1 is 1.19 bits per heavy atom. The molecule has 0 aliphatic carbocycles. The van der Waals surface area contributed by atoms with Gasteiger partial charge in [0.25, 0.3) is 5.91 Å². The van der Waals surface area contributed by atoms with Gasteiger partial charge < -0.3 is 9.47 Å². The SMILES string of the molecule is CCOc1ccc(O[C@H](C)C(=O)N/N=C(/C)c2nc3ccccc3s2)cc1. The molecule has 1 amide bonds. The molecule has 0 aliphatic heterocycles. The second kappa shape index (κ2) is 8.64. The second-order valence-corrected chi connectivity index (χ2v) is 6.86. The average molecular weight is 383 g/mol. The van der Waals surface area contributed by atoms with Gasteiger partial charge in [0.15, 0.2) is 6.10 Å². The van der Waals surface area contributed by atoms with Gasteiger partial charge in [-0.3, -0.25) is 4.79 Å². The molecule has 1 N–H and O–H groups in total. The third-order valence-electron chi connectivity index (χ3n) is 3.75. The maximum Gasteiger partial charge on any atom is 0.280 e. The van der Waals surface area contributed by atoms with Crippen molar-refractivity contribution < 1.29 is 14.3 Å². The number of amides is 1. The van der Waals surface area contributed by atoms with Crippen LogP contribution in [0.3, 0.4) is 0 Å². The summed E-state index contributed by atoms with van der Waals surface area (Å²) in [7, 11) is 0. The normalized spacial score (nSPS) is 12.6. The van der Waals surface area contributed by atoms with Gasteiger partial charge in [-0.2, -0.15) is 5.10 Å². The van der Waals surface area contributed by atoms with E-state index in [1.54, 1.807) is 31.2 Å². The molecule has 0 saturated carbocycles. The number of ether oxygens (including phenoxy) is 2. The van der Waals surface area contributed by atoms with Crippen LogP contribution >= 0.6 is 11.3 Å². The van der Waals surface area contributed by atoms with Crippen molar-refractivity contribution in [1.29, 1.82) is 0 Å². The molecule has 2 aromatic carbocycles. The summed E-state index contributed by atoms with van der Waals surface area (Å²) < 4.78 is 12.1. The highest BCUT2D eigenvalue weighted by Crippen LogP contribution is 2.22. The highest BCUT2D eigenvalue weighted by Gasteiger charge is 2.15. The molecular weight excluding hydrogens is 362 g/mol. The third-order valence-corrected chi connectivity index (χ3v) is 4.90. The molecule has 27 heavy (non-hydrogen) atoms. The molecule has 0 radical (unpaired) electrons. The Labute approximate surface area is 161 Å². The fourth-order valence-electron chi connectivity index (χ4n) is 2.34. The molecule has 1 atom stereocenters. The maximum atomic E-state index is 12.2. The van der Waals surface area contributed by atoms with Crippen LogP contribution in [0.2, 0.25) is 0 Å². The Bertz CT molecular complexity index is 918. The van der Waals surface area contributed by atoms with Crippen molar-refractivity contribution in [3.8, 4) is 11.5 Å². The minimum atomic E-state index is -0.685. The number of benzene rings is 2. The molecule has 0 unspecified atom stereocenters. The standard InChI is InChI=1S/C20H21N3O3S/c1-4-25-15-9-11-16(12-10-15)26-14(3)19(24)23-22-13(2)20-21-17-7-5-6-8-18(17)27-20/h5-12,14H,4H2,1-3H3,(H,23,24)/b22-13-/t14-/m1/s1. The molecule has 140 valence electrons. The number of carbonyl (C=O) groups is 1. The van der Waals surface area contributed by atoms with Crippen LogP contribution in [-0.4, -0.2) is 29.3 Å². The van der Waals surface area contributed by atoms with Crippen LogP contribution < -0.4 is 14.9 Å². The van der Waals surface area contributed by atoms with Gasteiger partial charge in [-0.15, -0.1) is 11.3 Å². The van der Waals surface area contributed by atoms with Crippen LogP contribution in [0.5, 0.6) is 11.5 Å². The van der Waals surface area contributed by atoms with Crippen LogP contribution in [0, 0.1) is 0 Å². The molecule has 1 aromatic heterocycles. The number of thiazole rings is 1. The lowest BCUT2D eigenvalue weighted by Crippen LogP contribution is -2.33. The number of hydrogen-bond acceptors (Lipinski definition) is 6. The Hall–Kier alpha value is -2.93. The lowest BCUT2D eigenvalue weighted by Gasteiger charge is -2.13. The Morgan fingerprint density at radius 2 is 1.89 bits per heavy atom. The molecule has 0 saturated heterocycles. The first-order chi connectivity index (χ1) is 13.1. The van der Waals surface area contributed by atoms with Gasteiger partial charge in [-0.05, 0) is 57.2 Å². The minimum absolute atomic E-state index is 0.329. The van der Waals surface area contributed by atoms with Crippen molar-refractivity contribution >= 4 is 33.2 Å². The molecule has 3 rings (SSSR count). The summed E-state index contributed by atoms with van der Waals surface area (Å²) in [5.41, 5.74) is 4.12. The number of aromatic nitrogens is 1. The minimum Gasteiger partial charge on any atom is -0.494 e. The summed E-state index contributed by atoms with van der Waals surface area (Å²) in [5.74, 6) is 1.02. The van der Waals surface area contributed by atoms with E-state index in [2.05, 4.69) is 15.5 Å². The first-order valence-corrected chi connectivity index (χ1v) is 9.48. The number of carbonyl (C=O) groups excluding carboxylic acids is 1. The molecular formula is C20H21N3O3S. The zero-order valence-corrected chi connectivity index (χ0v) is 16.2. The molecule has 0 bridgehead atoms. The van der Waals surface area contributed by atoms with Crippen LogP contribution in [0.25, 0.3) is 10.2 Å². The van der Waals surface area contributed by atoms with Crippen molar-refractivity contribution in [2.75, 3.05) is 6.61 Å². The molecule has 0 aliphatic rings. The first-order valence-electron chi connectivity index (χ1n) is 8.66. The lowest BCUT2D eigenvalue weighted by atomic mass is 10.3. The smallest absolute Gasteiger partial charge is 0.280 e. The molecule has 1 heterocycles. The van der Waals surface area contributed by atoms with E-state index < -0.39 is 6.10 Å². The first kappa shape index (κ1) is 18.8. The van der Waals surface area contributed by atoms with E-state index in [4.69, 9.17) is 9.47 Å². The van der Waals surface area contributed by atoms with Crippen molar-refractivity contribution in [2.45, 2.75) is 26.9 Å². The van der Waals surface area contributed by atoms with Gasteiger partial charge in [-0.25, -0.2) is 10.4 Å². The highest BCUT2D eigenvalue weighted by molar-refractivity contribution is 7.20. The Balaban J connectivity index is 1.59. The van der Waals surface area contributed by atoms with Crippen LogP contribution in [0.4, 0.5) is 0 Å². The van der Waals surface area contributed by atoms with Gasteiger partial charge in [0.05, 0.1) is 22.5 Å². The van der Waals surface area contributed by atoms with Crippen molar-refractivity contribution in [3.05, 3.63) is 53.5 Å². The quantitative estimate of drug-likeness (QED) is 0.494. The summed E-state index contributed by atoms with van der Waals surface area (Å²) in [6.45, 7) is 6.02. The number of hydrogen-bond donors (Lipinski definition) is 1. The highest BCUT2D eigenvalue weighted by atomic mass is 32.1. The van der Waals surface area contributed by atoms with Crippen LogP contribution in [0.1, 0.15) is 25.8 Å². The second-order valence-electron chi connectivity index (χ2n) is 5.82. The van der Waals surface area contributed by atoms with E-state index in [1.165, 1.54) is 11.3 Å². The van der Waals surface area contributed by atoms with E-state index in [9.17, 15) is 4.79 Å². The van der Waals surface area contributed by atoms with Gasteiger partial charge in [0.1, 0.15) is 16.5 Å². The van der Waals surface area contributed by atoms with E-state index in [0.717, 1.165) is 21.0 Å². The topological polar surface area (TPSA) is 72.8 Å². The van der Waals surface area contributed by atoms with Crippen LogP contribution in [-0.2, 0) is 4.79 Å². The predicted octanol–water partition coefficient (Wildman–Crippen LogP) is 4.00. The third kappa shape index (κ3) is 4.83. The zero-order valence-electron chi connectivity index (χ0n) is 15.4. The summed E-state index contributed by atoms with van der Waals surface area (Å²) in [4.78, 5) is 16.8. The molecule has 0 spiro atoms. The summed E-state index contributed by atoms with van der Waals surface area (Å²) in [5, 5.41) is 4.93. The number of nitrogens with one attached hydrogen (secondary N) is 1. The fraction of sp³-hybridized carbons (Fsp3) is 0.250. The molecule has 0 fully saturated rings. The molecule has 3 aromatic rings. The largest absolute Gasteiger partial charge is 0.494 e. The van der Waals surface area contributed by atoms with Gasteiger partial charge in [0.2, 0.25) is 0 Å². The zero-order chi connectivity index (χ0) is 19.2. The lowest BCUT2D eigenvalue weighted by molar-refractivity contribution is -0.127. The van der Waals surface area contributed by atoms with Gasteiger partial charge in [-0.1, -0.05) is 12.1 Å². The summed E-state index contributed by atoms with van der Waals surface area (Å²) in [6.07, 6.45) is -0.685. The van der Waals surface area contributed by atoms with Gasteiger partial charge in [0, 0.05) is 0 Å². The Morgan fingerprint density at radius 3 is 2.59 bits per heavy atom. The van der Waals surface area contributed by atoms with Gasteiger partial charge >= 0.3 is 0 Å². The van der Waals surface area contributed by atoms with Crippen molar-refractivity contribution in [2.24, 2.45) is 5.10 Å². The molecule has 7 heteroatoms. The van der Waals surface area contributed by atoms with Crippen LogP contribution in [0.15, 0.2) is 53.6 Å². The number of hydrazone groups is 1. The van der Waals surface area contributed by atoms with E-state index in [0.29, 0.717) is 18.1 Å². The number of fused-ring (bicyclic) bond motifs is 1. The van der Waals surface area contributed by atoms with Crippen molar-refractivity contribution in [3.63, 3.8) is 0 Å². The maximum absolute atomic E-state index is 12.2. The van der Waals surface area contributed by atoms with Crippen molar-refractivity contribution in [1.82, 2.24) is 10.4 Å². The van der Waals surface area contributed by atoms with E-state index in [-0.39, 0.29) is 5.91 Å². The van der Waals surface area contributed by atoms with E-state index >= 15 is 0 Å². The summed E-state index contributed by atoms with van der Waals surface area (Å²) >= 11 is 1.54.